The predicted molar refractivity (Wildman–Crippen MR) is 95.7 cm³/mol. The fourth-order valence-electron chi connectivity index (χ4n) is 4.09. The van der Waals surface area contributed by atoms with Gasteiger partial charge in [0.2, 0.25) is 5.91 Å². The van der Waals surface area contributed by atoms with E-state index in [9.17, 15) is 9.18 Å². The van der Waals surface area contributed by atoms with Gasteiger partial charge in [-0.2, -0.15) is 0 Å². The summed E-state index contributed by atoms with van der Waals surface area (Å²) in [4.78, 5) is 15.0. The molecular formula is C21H23FN2O. The van der Waals surface area contributed by atoms with Crippen molar-refractivity contribution >= 4 is 5.91 Å². The van der Waals surface area contributed by atoms with E-state index in [0.717, 1.165) is 38.0 Å². The third-order valence-electron chi connectivity index (χ3n) is 5.42. The zero-order valence-corrected chi connectivity index (χ0v) is 14.2. The first-order chi connectivity index (χ1) is 12.2. The van der Waals surface area contributed by atoms with Crippen LogP contribution in [-0.4, -0.2) is 30.4 Å². The third-order valence-corrected chi connectivity index (χ3v) is 5.42. The van der Waals surface area contributed by atoms with Crippen molar-refractivity contribution in [3.8, 4) is 0 Å². The van der Waals surface area contributed by atoms with Crippen LogP contribution in [0.1, 0.15) is 35.6 Å². The van der Waals surface area contributed by atoms with E-state index < -0.39 is 0 Å². The Morgan fingerprint density at radius 2 is 1.96 bits per heavy atom. The Morgan fingerprint density at radius 1 is 1.16 bits per heavy atom. The van der Waals surface area contributed by atoms with Crippen LogP contribution < -0.4 is 5.32 Å². The average Bonchev–Trinajstić information content (AvgIpc) is 3.14. The van der Waals surface area contributed by atoms with Crippen LogP contribution in [0.2, 0.25) is 0 Å². The smallest absolute Gasteiger partial charge is 0.223 e. The summed E-state index contributed by atoms with van der Waals surface area (Å²) >= 11 is 0. The van der Waals surface area contributed by atoms with Crippen LogP contribution in [0.3, 0.4) is 0 Å². The van der Waals surface area contributed by atoms with E-state index in [2.05, 4.69) is 17.4 Å². The van der Waals surface area contributed by atoms with E-state index in [1.54, 1.807) is 12.1 Å². The highest BCUT2D eigenvalue weighted by Crippen LogP contribution is 2.36. The molecule has 1 amide bonds. The van der Waals surface area contributed by atoms with Gasteiger partial charge in [0.05, 0.1) is 6.04 Å². The van der Waals surface area contributed by atoms with Crippen LogP contribution in [0, 0.1) is 11.7 Å². The minimum Gasteiger partial charge on any atom is -0.331 e. The summed E-state index contributed by atoms with van der Waals surface area (Å²) in [7, 11) is 0. The maximum atomic E-state index is 13.4. The molecule has 2 aliphatic rings. The molecule has 1 fully saturated rings. The van der Waals surface area contributed by atoms with E-state index in [-0.39, 0.29) is 17.8 Å². The molecule has 2 aromatic carbocycles. The molecule has 0 unspecified atom stereocenters. The number of hydrogen-bond donors (Lipinski definition) is 1. The molecule has 2 aromatic rings. The Bertz CT molecular complexity index is 753. The van der Waals surface area contributed by atoms with Crippen LogP contribution in [0.4, 0.5) is 4.39 Å². The molecule has 2 atom stereocenters. The molecular weight excluding hydrogens is 315 g/mol. The molecule has 2 heterocycles. The molecule has 0 aliphatic carbocycles. The van der Waals surface area contributed by atoms with Gasteiger partial charge in [-0.15, -0.1) is 0 Å². The van der Waals surface area contributed by atoms with Crippen molar-refractivity contribution in [1.82, 2.24) is 10.2 Å². The van der Waals surface area contributed by atoms with Crippen molar-refractivity contribution in [2.24, 2.45) is 5.92 Å². The second-order valence-electron chi connectivity index (χ2n) is 7.05. The molecule has 3 nitrogen and oxygen atoms in total. The molecule has 130 valence electrons. The fraction of sp³-hybridized carbons (Fsp3) is 0.381. The number of amides is 1. The van der Waals surface area contributed by atoms with E-state index in [4.69, 9.17) is 0 Å². The summed E-state index contributed by atoms with van der Waals surface area (Å²) in [5.74, 6) is 0.388. The summed E-state index contributed by atoms with van der Waals surface area (Å²) in [6, 6.07) is 14.7. The number of halogens is 1. The van der Waals surface area contributed by atoms with Gasteiger partial charge < -0.3 is 10.2 Å². The van der Waals surface area contributed by atoms with E-state index in [1.165, 1.54) is 23.3 Å². The van der Waals surface area contributed by atoms with Gasteiger partial charge in [-0.25, -0.2) is 4.39 Å². The number of carbonyl (C=O) groups is 1. The molecule has 1 saturated heterocycles. The van der Waals surface area contributed by atoms with E-state index >= 15 is 0 Å². The largest absolute Gasteiger partial charge is 0.331 e. The van der Waals surface area contributed by atoms with Crippen LogP contribution in [0.5, 0.6) is 0 Å². The van der Waals surface area contributed by atoms with E-state index in [1.807, 2.05) is 17.0 Å². The maximum Gasteiger partial charge on any atom is 0.223 e. The average molecular weight is 338 g/mol. The first kappa shape index (κ1) is 16.3. The maximum absolute atomic E-state index is 13.4. The molecule has 25 heavy (non-hydrogen) atoms. The minimum atomic E-state index is -0.247. The summed E-state index contributed by atoms with van der Waals surface area (Å²) in [5.41, 5.74) is 3.42. The fourth-order valence-corrected chi connectivity index (χ4v) is 4.09. The molecule has 0 saturated carbocycles. The number of fused-ring (bicyclic) bond motifs is 1. The minimum absolute atomic E-state index is 0.118. The molecule has 0 radical (unpaired) electrons. The highest BCUT2D eigenvalue weighted by Gasteiger charge is 2.33. The van der Waals surface area contributed by atoms with Crippen LogP contribution in [0.15, 0.2) is 48.5 Å². The monoisotopic (exact) mass is 338 g/mol. The molecule has 4 heteroatoms. The quantitative estimate of drug-likeness (QED) is 0.931. The van der Waals surface area contributed by atoms with Crippen LogP contribution in [-0.2, 0) is 11.2 Å². The van der Waals surface area contributed by atoms with Gasteiger partial charge in [0.1, 0.15) is 5.82 Å². The van der Waals surface area contributed by atoms with Crippen molar-refractivity contribution in [2.75, 3.05) is 19.6 Å². The Hall–Kier alpha value is -2.20. The topological polar surface area (TPSA) is 32.3 Å². The number of nitrogens with one attached hydrogen (secondary N) is 1. The Kier molecular flexibility index (Phi) is 4.53. The normalized spacial score (nSPS) is 22.7. The van der Waals surface area contributed by atoms with Crippen molar-refractivity contribution in [2.45, 2.75) is 25.3 Å². The van der Waals surface area contributed by atoms with Gasteiger partial charge in [0.15, 0.2) is 0 Å². The number of carbonyl (C=O) groups excluding carboxylic acids is 1. The summed E-state index contributed by atoms with van der Waals surface area (Å²) < 4.78 is 13.4. The van der Waals surface area contributed by atoms with Crippen LogP contribution >= 0.6 is 0 Å². The van der Waals surface area contributed by atoms with Gasteiger partial charge in [0.25, 0.3) is 0 Å². The van der Waals surface area contributed by atoms with Gasteiger partial charge in [-0.1, -0.05) is 36.4 Å². The third kappa shape index (κ3) is 3.31. The highest BCUT2D eigenvalue weighted by atomic mass is 19.1. The SMILES string of the molecule is O=C(C[C@@H]1CCNC1)N1CCc2ccccc2[C@@H]1c1ccc(F)cc1. The first-order valence-corrected chi connectivity index (χ1v) is 9.06. The molecule has 2 aliphatic heterocycles. The van der Waals surface area contributed by atoms with Crippen molar-refractivity contribution in [3.63, 3.8) is 0 Å². The molecule has 4 rings (SSSR count). The van der Waals surface area contributed by atoms with Crippen molar-refractivity contribution < 1.29 is 9.18 Å². The van der Waals surface area contributed by atoms with Crippen LogP contribution in [0.25, 0.3) is 0 Å². The predicted octanol–water partition coefficient (Wildman–Crippen LogP) is 3.30. The molecule has 0 bridgehead atoms. The standard InChI is InChI=1S/C21H23FN2O/c22-18-7-5-17(6-8-18)21-19-4-2-1-3-16(19)10-12-24(21)20(25)13-15-9-11-23-14-15/h1-8,15,21,23H,9-14H2/t15-,21-/m0/s1. The Morgan fingerprint density at radius 3 is 2.72 bits per heavy atom. The number of rotatable bonds is 3. The molecule has 0 spiro atoms. The zero-order chi connectivity index (χ0) is 17.2. The van der Waals surface area contributed by atoms with Gasteiger partial charge in [-0.3, -0.25) is 4.79 Å². The van der Waals surface area contributed by atoms with Gasteiger partial charge in [-0.05, 0) is 60.7 Å². The lowest BCUT2D eigenvalue weighted by Gasteiger charge is -2.38. The lowest BCUT2D eigenvalue weighted by molar-refractivity contribution is -0.134. The van der Waals surface area contributed by atoms with Gasteiger partial charge in [0, 0.05) is 13.0 Å². The van der Waals surface area contributed by atoms with Crippen molar-refractivity contribution in [3.05, 3.63) is 71.0 Å². The first-order valence-electron chi connectivity index (χ1n) is 9.06. The van der Waals surface area contributed by atoms with E-state index in [0.29, 0.717) is 12.3 Å². The molecule has 0 aromatic heterocycles. The second-order valence-corrected chi connectivity index (χ2v) is 7.05. The second kappa shape index (κ2) is 6.96. The number of hydrogen-bond acceptors (Lipinski definition) is 2. The summed E-state index contributed by atoms with van der Waals surface area (Å²) in [5, 5.41) is 3.33. The lowest BCUT2D eigenvalue weighted by Crippen LogP contribution is -2.41. The number of nitrogens with zero attached hydrogens (tertiary/aromatic N) is 1. The van der Waals surface area contributed by atoms with Crippen molar-refractivity contribution in [1.29, 1.82) is 0 Å². The highest BCUT2D eigenvalue weighted by molar-refractivity contribution is 5.78. The lowest BCUT2D eigenvalue weighted by atomic mass is 9.87. The van der Waals surface area contributed by atoms with Gasteiger partial charge >= 0.3 is 0 Å². The summed E-state index contributed by atoms with van der Waals surface area (Å²) in [6.07, 6.45) is 2.53. The molecule has 1 N–H and O–H groups in total. The Labute approximate surface area is 147 Å². The zero-order valence-electron chi connectivity index (χ0n) is 14.2. The summed E-state index contributed by atoms with van der Waals surface area (Å²) in [6.45, 7) is 2.65. The Balaban J connectivity index is 1.67. The number of benzene rings is 2.